The molecule has 2 aliphatic carbocycles. The molecule has 2 aromatic carbocycles. The van der Waals surface area contributed by atoms with Crippen molar-refractivity contribution >= 4 is 23.2 Å². The molecule has 134 valence electrons. The second kappa shape index (κ2) is 5.39. The Morgan fingerprint density at radius 3 is 2.37 bits per heavy atom. The van der Waals surface area contributed by atoms with Crippen molar-refractivity contribution in [2.75, 3.05) is 12.4 Å². The predicted molar refractivity (Wildman–Crippen MR) is 99.6 cm³/mol. The van der Waals surface area contributed by atoms with E-state index in [1.807, 2.05) is 12.2 Å². The topological polar surface area (TPSA) is 72.5 Å². The van der Waals surface area contributed by atoms with Gasteiger partial charge < -0.3 is 10.1 Å². The average molecular weight is 359 g/mol. The van der Waals surface area contributed by atoms with Crippen LogP contribution in [-0.4, -0.2) is 24.6 Å². The van der Waals surface area contributed by atoms with Gasteiger partial charge in [-0.1, -0.05) is 36.4 Å². The van der Waals surface area contributed by atoms with Crippen LogP contribution in [0.25, 0.3) is 0 Å². The number of carbonyl (C=O) groups is 3. The van der Waals surface area contributed by atoms with E-state index in [-0.39, 0.29) is 28.6 Å². The monoisotopic (exact) mass is 359 g/mol. The van der Waals surface area contributed by atoms with Crippen LogP contribution in [0.3, 0.4) is 0 Å². The highest BCUT2D eigenvalue weighted by Gasteiger charge is 2.49. The molecule has 3 aliphatic rings. The molecule has 0 fully saturated rings. The highest BCUT2D eigenvalue weighted by atomic mass is 16.5. The van der Waals surface area contributed by atoms with E-state index < -0.39 is 5.41 Å². The summed E-state index contributed by atoms with van der Waals surface area (Å²) in [6.45, 7) is 0. The first-order chi connectivity index (χ1) is 13.1. The van der Waals surface area contributed by atoms with Gasteiger partial charge in [-0.15, -0.1) is 0 Å². The van der Waals surface area contributed by atoms with E-state index >= 15 is 0 Å². The van der Waals surface area contributed by atoms with E-state index in [1.165, 1.54) is 7.11 Å². The maximum absolute atomic E-state index is 13.3. The number of ether oxygens (including phenoxy) is 1. The fourth-order valence-corrected chi connectivity index (χ4v) is 4.53. The van der Waals surface area contributed by atoms with Crippen LogP contribution in [0.1, 0.15) is 56.7 Å². The van der Waals surface area contributed by atoms with Gasteiger partial charge in [-0.05, 0) is 30.9 Å². The van der Waals surface area contributed by atoms with Gasteiger partial charge in [0.25, 0.3) is 0 Å². The van der Waals surface area contributed by atoms with Crippen molar-refractivity contribution in [3.05, 3.63) is 70.3 Å². The van der Waals surface area contributed by atoms with Gasteiger partial charge in [0.15, 0.2) is 11.6 Å². The van der Waals surface area contributed by atoms with Crippen LogP contribution in [0.2, 0.25) is 0 Å². The van der Waals surface area contributed by atoms with Crippen LogP contribution in [0.15, 0.2) is 42.5 Å². The minimum Gasteiger partial charge on any atom is -0.496 e. The van der Waals surface area contributed by atoms with Gasteiger partial charge in [-0.3, -0.25) is 14.4 Å². The molecule has 0 bridgehead atoms. The lowest BCUT2D eigenvalue weighted by Crippen LogP contribution is -2.33. The summed E-state index contributed by atoms with van der Waals surface area (Å²) in [4.78, 5) is 39.3. The fourth-order valence-electron chi connectivity index (χ4n) is 4.53. The number of fused-ring (bicyclic) bond motifs is 5. The van der Waals surface area contributed by atoms with Gasteiger partial charge in [-0.25, -0.2) is 0 Å². The molecule has 0 aromatic heterocycles. The van der Waals surface area contributed by atoms with Gasteiger partial charge in [0.1, 0.15) is 5.75 Å². The molecule has 27 heavy (non-hydrogen) atoms. The lowest BCUT2D eigenvalue weighted by atomic mass is 9.72. The minimum atomic E-state index is -0.795. The molecular weight excluding hydrogens is 342 g/mol. The average Bonchev–Trinajstić information content (AvgIpc) is 2.96. The summed E-state index contributed by atoms with van der Waals surface area (Å²) in [5.74, 6) is -0.323. The Bertz CT molecular complexity index is 1080. The molecule has 5 rings (SSSR count). The Morgan fingerprint density at radius 2 is 1.74 bits per heavy atom. The van der Waals surface area contributed by atoms with E-state index in [1.54, 1.807) is 30.3 Å². The van der Waals surface area contributed by atoms with E-state index in [4.69, 9.17) is 4.74 Å². The Hall–Kier alpha value is -3.21. The van der Waals surface area contributed by atoms with Gasteiger partial charge >= 0.3 is 0 Å². The second-order valence-corrected chi connectivity index (χ2v) is 7.18. The summed E-state index contributed by atoms with van der Waals surface area (Å²) in [7, 11) is 1.48. The smallest absolute Gasteiger partial charge is 0.238 e. The molecule has 1 heterocycles. The summed E-state index contributed by atoms with van der Waals surface area (Å²) in [6.07, 6.45) is 6.41. The molecule has 1 atom stereocenters. The zero-order chi connectivity index (χ0) is 18.8. The van der Waals surface area contributed by atoms with E-state index in [0.717, 1.165) is 18.4 Å². The number of rotatable bonds is 1. The van der Waals surface area contributed by atoms with Crippen molar-refractivity contribution in [2.45, 2.75) is 24.7 Å². The number of hydrogen-bond donors (Lipinski definition) is 1. The van der Waals surface area contributed by atoms with Crippen molar-refractivity contribution in [3.8, 4) is 5.75 Å². The van der Waals surface area contributed by atoms with Crippen LogP contribution in [0, 0.1) is 0 Å². The number of methoxy groups -OCH3 is 1. The summed E-state index contributed by atoms with van der Waals surface area (Å²) >= 11 is 0. The minimum absolute atomic E-state index is 0.150. The molecule has 0 radical (unpaired) electrons. The van der Waals surface area contributed by atoms with Crippen molar-refractivity contribution in [1.29, 1.82) is 0 Å². The molecule has 1 aliphatic heterocycles. The van der Waals surface area contributed by atoms with Crippen molar-refractivity contribution in [1.82, 2.24) is 0 Å². The van der Waals surface area contributed by atoms with Crippen LogP contribution in [0.4, 0.5) is 5.69 Å². The van der Waals surface area contributed by atoms with Crippen LogP contribution < -0.4 is 10.1 Å². The van der Waals surface area contributed by atoms with Crippen molar-refractivity contribution in [3.63, 3.8) is 0 Å². The first-order valence-corrected chi connectivity index (χ1v) is 9.01. The Morgan fingerprint density at radius 1 is 1.04 bits per heavy atom. The maximum atomic E-state index is 13.3. The zero-order valence-corrected chi connectivity index (χ0v) is 14.8. The van der Waals surface area contributed by atoms with Gasteiger partial charge in [-0.2, -0.15) is 0 Å². The van der Waals surface area contributed by atoms with Crippen molar-refractivity contribution < 1.29 is 19.1 Å². The fraction of sp³-hybridized carbons (Fsp3) is 0.227. The molecule has 5 nitrogen and oxygen atoms in total. The molecule has 0 saturated heterocycles. The third kappa shape index (κ3) is 1.91. The van der Waals surface area contributed by atoms with Gasteiger partial charge in [0.05, 0.1) is 29.3 Å². The van der Waals surface area contributed by atoms with E-state index in [2.05, 4.69) is 5.32 Å². The number of hydrogen-bond acceptors (Lipinski definition) is 4. The molecule has 5 heteroatoms. The van der Waals surface area contributed by atoms with Gasteiger partial charge in [0, 0.05) is 11.1 Å². The summed E-state index contributed by atoms with van der Waals surface area (Å²) in [5.41, 5.74) is 1.59. The largest absolute Gasteiger partial charge is 0.496 e. The first kappa shape index (κ1) is 16.0. The van der Waals surface area contributed by atoms with Crippen molar-refractivity contribution in [2.24, 2.45) is 0 Å². The number of allylic oxidation sites excluding steroid dienone is 1. The number of ketones is 2. The SMILES string of the molecule is COc1cc2c(c3c1C(=O)c1ccccc1C3=O)NC(=O)C21C=CCCC1. The van der Waals surface area contributed by atoms with Crippen LogP contribution >= 0.6 is 0 Å². The highest BCUT2D eigenvalue weighted by Crippen LogP contribution is 2.50. The molecule has 1 unspecified atom stereocenters. The third-order valence-electron chi connectivity index (χ3n) is 5.85. The highest BCUT2D eigenvalue weighted by molar-refractivity contribution is 6.32. The number of nitrogens with one attached hydrogen (secondary N) is 1. The Balaban J connectivity index is 1.85. The zero-order valence-electron chi connectivity index (χ0n) is 14.8. The molecule has 1 amide bonds. The molecule has 1 spiro atoms. The molecule has 2 aromatic rings. The summed E-state index contributed by atoms with van der Waals surface area (Å²) < 4.78 is 5.50. The molecule has 0 saturated carbocycles. The number of anilines is 1. The number of benzene rings is 2. The Labute approximate surface area is 156 Å². The van der Waals surface area contributed by atoms with E-state index in [0.29, 0.717) is 29.0 Å². The standard InChI is InChI=1S/C22H17NO4/c1-27-15-11-14-18(23-21(26)22(14)9-5-2-6-10-22)17-16(15)19(24)12-7-3-4-8-13(12)20(17)25/h3-5,7-9,11H,2,6,10H2,1H3,(H,23,26). The second-order valence-electron chi connectivity index (χ2n) is 7.18. The molecular formula is C22H17NO4. The third-order valence-corrected chi connectivity index (χ3v) is 5.85. The first-order valence-electron chi connectivity index (χ1n) is 9.01. The van der Waals surface area contributed by atoms with Crippen LogP contribution in [0.5, 0.6) is 5.75 Å². The lowest BCUT2D eigenvalue weighted by molar-refractivity contribution is -0.119. The number of carbonyl (C=O) groups excluding carboxylic acids is 3. The normalized spacial score (nSPS) is 22.3. The quantitative estimate of drug-likeness (QED) is 0.676. The van der Waals surface area contributed by atoms with Gasteiger partial charge in [0.2, 0.25) is 5.91 Å². The Kier molecular flexibility index (Phi) is 3.20. The summed E-state index contributed by atoms with van der Waals surface area (Å²) in [6, 6.07) is 8.52. The molecule has 1 N–H and O–H groups in total. The number of amides is 1. The lowest BCUT2D eigenvalue weighted by Gasteiger charge is -2.28. The van der Waals surface area contributed by atoms with E-state index in [9.17, 15) is 14.4 Å². The van der Waals surface area contributed by atoms with Crippen LogP contribution in [-0.2, 0) is 10.2 Å². The predicted octanol–water partition coefficient (Wildman–Crippen LogP) is 3.40. The maximum Gasteiger partial charge on any atom is 0.238 e. The summed E-state index contributed by atoms with van der Waals surface area (Å²) in [5, 5.41) is 2.90.